The molecule has 4 heteroatoms. The molecule has 1 atom stereocenters. The number of anilines is 1. The van der Waals surface area contributed by atoms with Crippen LogP contribution in [0.25, 0.3) is 6.08 Å². The number of carbonyl (C=O) groups is 1. The summed E-state index contributed by atoms with van der Waals surface area (Å²) in [6.45, 7) is 7.25. The average Bonchev–Trinajstić information content (AvgIpc) is 2.46. The van der Waals surface area contributed by atoms with E-state index in [0.717, 1.165) is 37.6 Å². The molecule has 0 aliphatic heterocycles. The van der Waals surface area contributed by atoms with Gasteiger partial charge in [0.1, 0.15) is 5.82 Å². The third-order valence-electron chi connectivity index (χ3n) is 3.58. The van der Waals surface area contributed by atoms with Crippen molar-refractivity contribution in [1.82, 2.24) is 0 Å². The van der Waals surface area contributed by atoms with Crippen molar-refractivity contribution >= 4 is 17.7 Å². The van der Waals surface area contributed by atoms with Crippen LogP contribution in [-0.2, 0) is 4.79 Å². The molecule has 0 aliphatic rings. The number of aliphatic carboxylic acids is 1. The Kier molecular flexibility index (Phi) is 6.92. The van der Waals surface area contributed by atoms with Crippen molar-refractivity contribution in [2.75, 3.05) is 11.4 Å². The van der Waals surface area contributed by atoms with E-state index in [4.69, 9.17) is 5.11 Å². The summed E-state index contributed by atoms with van der Waals surface area (Å²) in [6.07, 6.45) is 5.61. The smallest absolute Gasteiger partial charge is 0.328 e. The third-order valence-corrected chi connectivity index (χ3v) is 3.58. The zero-order valence-corrected chi connectivity index (χ0v) is 13.0. The van der Waals surface area contributed by atoms with Crippen LogP contribution in [0.4, 0.5) is 10.1 Å². The molecule has 0 saturated carbocycles. The molecule has 0 fully saturated rings. The zero-order chi connectivity index (χ0) is 15.8. The van der Waals surface area contributed by atoms with Gasteiger partial charge in [-0.1, -0.05) is 20.3 Å². The summed E-state index contributed by atoms with van der Waals surface area (Å²) in [5.74, 6) is -1.39. The second kappa shape index (κ2) is 8.45. The highest BCUT2D eigenvalue weighted by molar-refractivity contribution is 5.87. The Morgan fingerprint density at radius 3 is 2.71 bits per heavy atom. The van der Waals surface area contributed by atoms with E-state index >= 15 is 0 Å². The minimum absolute atomic E-state index is 0.319. The van der Waals surface area contributed by atoms with E-state index in [1.54, 1.807) is 6.07 Å². The van der Waals surface area contributed by atoms with Crippen molar-refractivity contribution in [3.05, 3.63) is 35.7 Å². The number of carboxylic acids is 1. The van der Waals surface area contributed by atoms with E-state index < -0.39 is 5.97 Å². The number of unbranched alkanes of at least 4 members (excludes halogenated alkanes) is 1. The van der Waals surface area contributed by atoms with E-state index in [-0.39, 0.29) is 5.82 Å². The van der Waals surface area contributed by atoms with E-state index in [1.165, 1.54) is 18.2 Å². The quantitative estimate of drug-likeness (QED) is 0.725. The molecule has 1 rings (SSSR count). The third kappa shape index (κ3) is 5.21. The summed E-state index contributed by atoms with van der Waals surface area (Å²) >= 11 is 0. The lowest BCUT2D eigenvalue weighted by atomic mass is 10.1. The zero-order valence-electron chi connectivity index (χ0n) is 13.0. The van der Waals surface area contributed by atoms with Gasteiger partial charge in [-0.15, -0.1) is 0 Å². The van der Waals surface area contributed by atoms with Gasteiger partial charge in [0.15, 0.2) is 0 Å². The molecule has 1 aromatic rings. The lowest BCUT2D eigenvalue weighted by molar-refractivity contribution is -0.131. The van der Waals surface area contributed by atoms with Crippen LogP contribution >= 0.6 is 0 Å². The van der Waals surface area contributed by atoms with Crippen LogP contribution in [0.15, 0.2) is 24.3 Å². The van der Waals surface area contributed by atoms with E-state index in [2.05, 4.69) is 25.7 Å². The van der Waals surface area contributed by atoms with Gasteiger partial charge < -0.3 is 10.0 Å². The molecule has 21 heavy (non-hydrogen) atoms. The van der Waals surface area contributed by atoms with Crippen LogP contribution in [0.5, 0.6) is 0 Å². The Bertz CT molecular complexity index is 500. The average molecular weight is 293 g/mol. The first-order valence-electron chi connectivity index (χ1n) is 7.46. The minimum Gasteiger partial charge on any atom is -0.478 e. The molecule has 1 aromatic carbocycles. The first-order valence-corrected chi connectivity index (χ1v) is 7.46. The predicted octanol–water partition coefficient (Wildman–Crippen LogP) is 4.33. The highest BCUT2D eigenvalue weighted by Gasteiger charge is 2.15. The topological polar surface area (TPSA) is 40.5 Å². The van der Waals surface area contributed by atoms with Gasteiger partial charge in [-0.05, 0) is 44.0 Å². The fourth-order valence-electron chi connectivity index (χ4n) is 2.21. The van der Waals surface area contributed by atoms with Crippen molar-refractivity contribution in [1.29, 1.82) is 0 Å². The molecule has 0 radical (unpaired) electrons. The summed E-state index contributed by atoms with van der Waals surface area (Å²) in [5, 5.41) is 8.78. The second-order valence-electron chi connectivity index (χ2n) is 5.18. The molecule has 0 saturated heterocycles. The summed E-state index contributed by atoms with van der Waals surface area (Å²) in [6, 6.07) is 4.86. The number of hydrogen-bond donors (Lipinski definition) is 1. The molecule has 0 spiro atoms. The van der Waals surface area contributed by atoms with E-state index in [0.29, 0.717) is 11.6 Å². The highest BCUT2D eigenvalue weighted by Crippen LogP contribution is 2.26. The molecule has 0 bridgehead atoms. The van der Waals surface area contributed by atoms with Gasteiger partial charge in [0, 0.05) is 29.9 Å². The fraction of sp³-hybridized carbons (Fsp3) is 0.471. The molecule has 1 N–H and O–H groups in total. The molecule has 3 nitrogen and oxygen atoms in total. The number of carboxylic acid groups (broad SMARTS) is 1. The Labute approximate surface area is 126 Å². The molecule has 0 amide bonds. The van der Waals surface area contributed by atoms with Gasteiger partial charge in [-0.25, -0.2) is 9.18 Å². The van der Waals surface area contributed by atoms with Crippen molar-refractivity contribution in [2.24, 2.45) is 0 Å². The molecule has 116 valence electrons. The maximum absolute atomic E-state index is 13.5. The molecule has 0 aromatic heterocycles. The molecule has 0 aliphatic carbocycles. The SMILES string of the molecule is CCCCN(c1ccc(F)cc1C=CC(=O)O)C(C)CC. The predicted molar refractivity (Wildman–Crippen MR) is 85.1 cm³/mol. The molecular weight excluding hydrogens is 269 g/mol. The van der Waals surface area contributed by atoms with Crippen LogP contribution in [0.2, 0.25) is 0 Å². The minimum atomic E-state index is -1.03. The number of nitrogens with zero attached hydrogens (tertiary/aromatic N) is 1. The Hall–Kier alpha value is -1.84. The van der Waals surface area contributed by atoms with Crippen LogP contribution in [0.1, 0.15) is 45.6 Å². The van der Waals surface area contributed by atoms with Crippen molar-refractivity contribution in [3.63, 3.8) is 0 Å². The second-order valence-corrected chi connectivity index (χ2v) is 5.18. The normalized spacial score (nSPS) is 12.6. The number of hydrogen-bond acceptors (Lipinski definition) is 2. The number of benzene rings is 1. The molecule has 0 heterocycles. The summed E-state index contributed by atoms with van der Waals surface area (Å²) in [7, 11) is 0. The van der Waals surface area contributed by atoms with Gasteiger partial charge in [0.05, 0.1) is 0 Å². The van der Waals surface area contributed by atoms with Crippen molar-refractivity contribution in [2.45, 2.75) is 46.1 Å². The lowest BCUT2D eigenvalue weighted by Gasteiger charge is -2.32. The molecule has 1 unspecified atom stereocenters. The Morgan fingerprint density at radius 1 is 1.43 bits per heavy atom. The Balaban J connectivity index is 3.19. The van der Waals surface area contributed by atoms with Gasteiger partial charge in [0.25, 0.3) is 0 Å². The van der Waals surface area contributed by atoms with Gasteiger partial charge in [-0.3, -0.25) is 0 Å². The van der Waals surface area contributed by atoms with E-state index in [1.807, 2.05) is 0 Å². The first-order chi connectivity index (χ1) is 9.99. The Morgan fingerprint density at radius 2 is 2.14 bits per heavy atom. The van der Waals surface area contributed by atoms with Gasteiger partial charge in [0.2, 0.25) is 0 Å². The lowest BCUT2D eigenvalue weighted by Crippen LogP contribution is -2.34. The summed E-state index contributed by atoms with van der Waals surface area (Å²) in [4.78, 5) is 12.9. The number of rotatable bonds is 8. The van der Waals surface area contributed by atoms with Crippen LogP contribution in [0.3, 0.4) is 0 Å². The molecular formula is C17H24FNO2. The largest absolute Gasteiger partial charge is 0.478 e. The summed E-state index contributed by atoms with van der Waals surface area (Å²) < 4.78 is 13.5. The number of halogens is 1. The van der Waals surface area contributed by atoms with Crippen LogP contribution in [0, 0.1) is 5.82 Å². The van der Waals surface area contributed by atoms with Crippen molar-refractivity contribution < 1.29 is 14.3 Å². The first kappa shape index (κ1) is 17.2. The van der Waals surface area contributed by atoms with E-state index in [9.17, 15) is 9.18 Å². The monoisotopic (exact) mass is 293 g/mol. The van der Waals surface area contributed by atoms with Crippen LogP contribution < -0.4 is 4.90 Å². The maximum Gasteiger partial charge on any atom is 0.328 e. The fourth-order valence-corrected chi connectivity index (χ4v) is 2.21. The highest BCUT2D eigenvalue weighted by atomic mass is 19.1. The standard InChI is InChI=1S/C17H24FNO2/c1-4-6-11-19(13(3)5-2)16-9-8-15(18)12-14(16)7-10-17(20)21/h7-10,12-13H,4-6,11H2,1-3H3,(H,20,21). The van der Waals surface area contributed by atoms with Crippen molar-refractivity contribution in [3.8, 4) is 0 Å². The summed E-state index contributed by atoms with van der Waals surface area (Å²) in [5.41, 5.74) is 1.49. The van der Waals surface area contributed by atoms with Gasteiger partial charge >= 0.3 is 5.97 Å². The maximum atomic E-state index is 13.5. The van der Waals surface area contributed by atoms with Crippen LogP contribution in [-0.4, -0.2) is 23.7 Å². The van der Waals surface area contributed by atoms with Gasteiger partial charge in [-0.2, -0.15) is 0 Å².